The van der Waals surface area contributed by atoms with E-state index >= 15 is 0 Å². The molecule has 0 aliphatic carbocycles. The molecule has 0 N–H and O–H groups in total. The van der Waals surface area contributed by atoms with Gasteiger partial charge in [0.1, 0.15) is 0 Å². The van der Waals surface area contributed by atoms with Crippen LogP contribution in [-0.2, 0) is 11.3 Å². The third-order valence-electron chi connectivity index (χ3n) is 2.81. The molecule has 17 heavy (non-hydrogen) atoms. The molecule has 0 spiro atoms. The number of terminal acetylenes is 1. The van der Waals surface area contributed by atoms with Gasteiger partial charge in [-0.2, -0.15) is 0 Å². The van der Waals surface area contributed by atoms with Crippen LogP contribution in [0.5, 0.6) is 0 Å². The molecule has 1 atom stereocenters. The average Bonchev–Trinajstić information content (AvgIpc) is 2.65. The highest BCUT2D eigenvalue weighted by atomic mass is 79.9. The Morgan fingerprint density at radius 3 is 2.94 bits per heavy atom. The summed E-state index contributed by atoms with van der Waals surface area (Å²) in [6.45, 7) is 1.22. The lowest BCUT2D eigenvalue weighted by Gasteiger charge is -2.16. The van der Waals surface area contributed by atoms with Gasteiger partial charge >= 0.3 is 0 Å². The summed E-state index contributed by atoms with van der Waals surface area (Å²) in [7, 11) is 0. The first-order valence-corrected chi connectivity index (χ1v) is 6.45. The van der Waals surface area contributed by atoms with E-state index in [0.717, 1.165) is 10.0 Å². The normalized spacial score (nSPS) is 19.5. The summed E-state index contributed by atoms with van der Waals surface area (Å²) in [5, 5.41) is 0.655. The van der Waals surface area contributed by atoms with E-state index in [2.05, 4.69) is 21.9 Å². The lowest BCUT2D eigenvalue weighted by molar-refractivity contribution is -0.128. The van der Waals surface area contributed by atoms with Crippen molar-refractivity contribution in [1.82, 2.24) is 4.90 Å². The maximum Gasteiger partial charge on any atom is 0.224 e. The van der Waals surface area contributed by atoms with Crippen molar-refractivity contribution >= 4 is 33.4 Å². The van der Waals surface area contributed by atoms with Gasteiger partial charge in [-0.1, -0.05) is 17.7 Å². The van der Waals surface area contributed by atoms with Crippen molar-refractivity contribution in [2.24, 2.45) is 5.92 Å². The number of nitrogens with zero attached hydrogens (tertiary/aromatic N) is 1. The molecule has 0 radical (unpaired) electrons. The van der Waals surface area contributed by atoms with Gasteiger partial charge in [0.2, 0.25) is 5.91 Å². The molecule has 1 fully saturated rings. The van der Waals surface area contributed by atoms with Crippen LogP contribution in [0.2, 0.25) is 5.02 Å². The van der Waals surface area contributed by atoms with E-state index in [9.17, 15) is 4.79 Å². The second-order valence-electron chi connectivity index (χ2n) is 4.09. The van der Waals surface area contributed by atoms with Crippen molar-refractivity contribution in [1.29, 1.82) is 0 Å². The first-order chi connectivity index (χ1) is 8.10. The average molecular weight is 313 g/mol. The van der Waals surface area contributed by atoms with Crippen LogP contribution in [0, 0.1) is 18.3 Å². The van der Waals surface area contributed by atoms with Gasteiger partial charge in [0.25, 0.3) is 0 Å². The summed E-state index contributed by atoms with van der Waals surface area (Å²) in [5.74, 6) is 2.80. The second kappa shape index (κ2) is 5.12. The van der Waals surface area contributed by atoms with E-state index < -0.39 is 0 Å². The number of hydrogen-bond donors (Lipinski definition) is 0. The molecule has 1 saturated heterocycles. The third-order valence-corrected chi connectivity index (χ3v) is 4.04. The minimum absolute atomic E-state index is 0.0495. The van der Waals surface area contributed by atoms with Crippen LogP contribution in [0.4, 0.5) is 0 Å². The van der Waals surface area contributed by atoms with Crippen molar-refractivity contribution < 1.29 is 4.79 Å². The molecular weight excluding hydrogens is 302 g/mol. The van der Waals surface area contributed by atoms with Crippen molar-refractivity contribution in [2.45, 2.75) is 13.0 Å². The van der Waals surface area contributed by atoms with Gasteiger partial charge in [-0.15, -0.1) is 12.3 Å². The van der Waals surface area contributed by atoms with Gasteiger partial charge in [-0.05, 0) is 33.6 Å². The van der Waals surface area contributed by atoms with Crippen LogP contribution in [0.3, 0.4) is 0 Å². The topological polar surface area (TPSA) is 20.3 Å². The molecule has 0 aromatic heterocycles. The molecule has 4 heteroatoms. The van der Waals surface area contributed by atoms with E-state index in [0.29, 0.717) is 24.5 Å². The molecule has 1 aromatic rings. The summed E-state index contributed by atoms with van der Waals surface area (Å²) in [6, 6.07) is 5.70. The zero-order chi connectivity index (χ0) is 12.4. The Kier molecular flexibility index (Phi) is 3.76. The Morgan fingerprint density at radius 1 is 1.59 bits per heavy atom. The fourth-order valence-corrected chi connectivity index (χ4v) is 2.34. The Morgan fingerprint density at radius 2 is 2.35 bits per heavy atom. The predicted molar refractivity (Wildman–Crippen MR) is 71.5 cm³/mol. The number of benzene rings is 1. The van der Waals surface area contributed by atoms with Gasteiger partial charge in [-0.25, -0.2) is 0 Å². The van der Waals surface area contributed by atoms with Gasteiger partial charge < -0.3 is 4.90 Å². The molecule has 1 amide bonds. The predicted octanol–water partition coefficient (Wildman–Crippen LogP) is 3.08. The molecule has 1 aliphatic rings. The maximum atomic E-state index is 11.7. The molecule has 1 aromatic carbocycles. The molecule has 2 nitrogen and oxygen atoms in total. The molecule has 1 aliphatic heterocycles. The summed E-state index contributed by atoms with van der Waals surface area (Å²) in [5.41, 5.74) is 1.02. The molecule has 1 heterocycles. The van der Waals surface area contributed by atoms with E-state index in [1.165, 1.54) is 0 Å². The summed E-state index contributed by atoms with van der Waals surface area (Å²) < 4.78 is 0.858. The molecule has 2 rings (SSSR count). The Labute approximate surface area is 114 Å². The minimum Gasteiger partial charge on any atom is -0.337 e. The van der Waals surface area contributed by atoms with Crippen LogP contribution < -0.4 is 0 Å². The van der Waals surface area contributed by atoms with E-state index in [1.807, 2.05) is 18.2 Å². The molecular formula is C13H11BrClNO. The highest BCUT2D eigenvalue weighted by Crippen LogP contribution is 2.25. The SMILES string of the molecule is C#CC1CC(=O)N(Cc2ccc(Br)c(Cl)c2)C1. The maximum absolute atomic E-state index is 11.7. The molecule has 0 saturated carbocycles. The number of hydrogen-bond acceptors (Lipinski definition) is 1. The van der Waals surface area contributed by atoms with E-state index in [4.69, 9.17) is 18.0 Å². The highest BCUT2D eigenvalue weighted by Gasteiger charge is 2.27. The van der Waals surface area contributed by atoms with Crippen molar-refractivity contribution in [3.63, 3.8) is 0 Å². The third kappa shape index (κ3) is 2.83. The fraction of sp³-hybridized carbons (Fsp3) is 0.308. The largest absolute Gasteiger partial charge is 0.337 e. The Bertz CT molecular complexity index is 495. The van der Waals surface area contributed by atoms with Crippen molar-refractivity contribution in [2.75, 3.05) is 6.54 Å². The highest BCUT2D eigenvalue weighted by molar-refractivity contribution is 9.10. The van der Waals surface area contributed by atoms with E-state index in [-0.39, 0.29) is 11.8 Å². The summed E-state index contributed by atoms with van der Waals surface area (Å²) in [4.78, 5) is 13.5. The standard InChI is InChI=1S/C13H11BrClNO/c1-2-9-6-13(17)16(7-9)8-10-3-4-11(14)12(15)5-10/h1,3-5,9H,6-8H2. The minimum atomic E-state index is 0.0495. The first-order valence-electron chi connectivity index (χ1n) is 5.28. The monoisotopic (exact) mass is 311 g/mol. The quantitative estimate of drug-likeness (QED) is 0.769. The number of carbonyl (C=O) groups excluding carboxylic acids is 1. The van der Waals surface area contributed by atoms with Gasteiger partial charge in [-0.3, -0.25) is 4.79 Å². The van der Waals surface area contributed by atoms with Crippen molar-refractivity contribution in [3.8, 4) is 12.3 Å². The molecule has 0 bridgehead atoms. The molecule has 88 valence electrons. The van der Waals surface area contributed by atoms with Gasteiger partial charge in [0, 0.05) is 29.9 Å². The Hall–Kier alpha value is -0.980. The first kappa shape index (κ1) is 12.5. The lowest BCUT2D eigenvalue weighted by atomic mass is 10.1. The van der Waals surface area contributed by atoms with Gasteiger partial charge in [0.05, 0.1) is 5.02 Å². The van der Waals surface area contributed by atoms with Crippen LogP contribution >= 0.6 is 27.5 Å². The Balaban J connectivity index is 2.09. The summed E-state index contributed by atoms with van der Waals surface area (Å²) >= 11 is 9.34. The fourth-order valence-electron chi connectivity index (χ4n) is 1.90. The number of halogens is 2. The number of likely N-dealkylation sites (tertiary alicyclic amines) is 1. The zero-order valence-electron chi connectivity index (χ0n) is 9.12. The van der Waals surface area contributed by atoms with Crippen LogP contribution in [-0.4, -0.2) is 17.4 Å². The second-order valence-corrected chi connectivity index (χ2v) is 5.35. The number of carbonyl (C=O) groups is 1. The van der Waals surface area contributed by atoms with E-state index in [1.54, 1.807) is 4.90 Å². The summed E-state index contributed by atoms with van der Waals surface area (Å²) in [6.07, 6.45) is 5.80. The lowest BCUT2D eigenvalue weighted by Crippen LogP contribution is -2.24. The molecule has 1 unspecified atom stereocenters. The number of rotatable bonds is 2. The number of amides is 1. The van der Waals surface area contributed by atoms with Crippen LogP contribution in [0.1, 0.15) is 12.0 Å². The van der Waals surface area contributed by atoms with Crippen LogP contribution in [0.25, 0.3) is 0 Å². The smallest absolute Gasteiger partial charge is 0.224 e. The van der Waals surface area contributed by atoms with Gasteiger partial charge in [0.15, 0.2) is 0 Å². The van der Waals surface area contributed by atoms with Crippen molar-refractivity contribution in [3.05, 3.63) is 33.3 Å². The zero-order valence-corrected chi connectivity index (χ0v) is 11.5. The van der Waals surface area contributed by atoms with Crippen LogP contribution in [0.15, 0.2) is 22.7 Å².